The van der Waals surface area contributed by atoms with Gasteiger partial charge in [0.1, 0.15) is 0 Å². The number of carboxylic acids is 1. The first kappa shape index (κ1) is 15.1. The molecule has 2 fully saturated rings. The summed E-state index contributed by atoms with van der Waals surface area (Å²) in [5.74, 6) is -0.793. The molecule has 0 aromatic rings. The molecule has 2 rings (SSSR count). The molecule has 2 heterocycles. The molecular weight excluding hydrogens is 260 g/mol. The van der Waals surface area contributed by atoms with E-state index in [9.17, 15) is 14.7 Å². The first-order chi connectivity index (χ1) is 9.38. The van der Waals surface area contributed by atoms with E-state index in [1.54, 1.807) is 9.80 Å². The predicted octanol–water partition coefficient (Wildman–Crippen LogP) is 1.40. The molecule has 0 spiro atoms. The molecule has 2 aliphatic heterocycles. The number of likely N-dealkylation sites (tertiary alicyclic amines) is 1. The van der Waals surface area contributed by atoms with Gasteiger partial charge in [-0.3, -0.25) is 4.79 Å². The second kappa shape index (κ2) is 5.60. The van der Waals surface area contributed by atoms with Crippen LogP contribution >= 0.6 is 0 Å². The Bertz CT molecular complexity index is 391. The Kier molecular flexibility index (Phi) is 4.22. The summed E-state index contributed by atoms with van der Waals surface area (Å²) in [6.07, 6.45) is 1.16. The number of aliphatic carboxylic acids is 1. The number of hydrogen-bond donors (Lipinski definition) is 1. The third-order valence-corrected chi connectivity index (χ3v) is 4.44. The number of ether oxygens (including phenoxy) is 1. The van der Waals surface area contributed by atoms with Crippen LogP contribution in [-0.2, 0) is 9.53 Å². The van der Waals surface area contributed by atoms with Crippen LogP contribution in [0.5, 0.6) is 0 Å². The van der Waals surface area contributed by atoms with Gasteiger partial charge in [-0.05, 0) is 26.7 Å². The van der Waals surface area contributed by atoms with Crippen molar-refractivity contribution >= 4 is 12.0 Å². The Morgan fingerprint density at radius 3 is 2.30 bits per heavy atom. The molecule has 114 valence electrons. The average Bonchev–Trinajstić information content (AvgIpc) is 2.82. The van der Waals surface area contributed by atoms with E-state index in [1.807, 2.05) is 20.8 Å². The molecule has 6 heteroatoms. The van der Waals surface area contributed by atoms with Crippen molar-refractivity contribution in [2.24, 2.45) is 5.41 Å². The number of amides is 2. The Hall–Kier alpha value is -1.30. The number of urea groups is 1. The third kappa shape index (κ3) is 2.75. The first-order valence-corrected chi connectivity index (χ1v) is 7.30. The number of nitrogens with zero attached hydrogens (tertiary/aromatic N) is 2. The smallest absolute Gasteiger partial charge is 0.320 e. The van der Waals surface area contributed by atoms with Gasteiger partial charge in [0.2, 0.25) is 0 Å². The summed E-state index contributed by atoms with van der Waals surface area (Å²) >= 11 is 0. The van der Waals surface area contributed by atoms with Crippen molar-refractivity contribution in [3.05, 3.63) is 0 Å². The number of morpholine rings is 1. The minimum atomic E-state index is -0.793. The zero-order valence-electron chi connectivity index (χ0n) is 12.5. The van der Waals surface area contributed by atoms with Crippen LogP contribution < -0.4 is 0 Å². The van der Waals surface area contributed by atoms with Gasteiger partial charge in [-0.25, -0.2) is 4.79 Å². The molecule has 1 unspecified atom stereocenters. The van der Waals surface area contributed by atoms with Gasteiger partial charge in [-0.1, -0.05) is 6.92 Å². The normalized spacial score (nSPS) is 34.4. The summed E-state index contributed by atoms with van der Waals surface area (Å²) in [5.41, 5.74) is -0.765. The molecule has 0 radical (unpaired) electrons. The Morgan fingerprint density at radius 2 is 1.85 bits per heavy atom. The van der Waals surface area contributed by atoms with Crippen molar-refractivity contribution in [1.82, 2.24) is 9.80 Å². The second-order valence-corrected chi connectivity index (χ2v) is 6.06. The van der Waals surface area contributed by atoms with Gasteiger partial charge in [-0.15, -0.1) is 0 Å². The summed E-state index contributed by atoms with van der Waals surface area (Å²) < 4.78 is 5.62. The highest BCUT2D eigenvalue weighted by Crippen LogP contribution is 2.34. The van der Waals surface area contributed by atoms with Crippen LogP contribution in [0.25, 0.3) is 0 Å². The van der Waals surface area contributed by atoms with E-state index < -0.39 is 11.4 Å². The molecule has 6 nitrogen and oxygen atoms in total. The van der Waals surface area contributed by atoms with Crippen LogP contribution in [0.1, 0.15) is 33.6 Å². The van der Waals surface area contributed by atoms with Gasteiger partial charge >= 0.3 is 12.0 Å². The molecule has 2 aliphatic rings. The highest BCUT2D eigenvalue weighted by Gasteiger charge is 2.46. The fourth-order valence-corrected chi connectivity index (χ4v) is 3.18. The molecule has 2 saturated heterocycles. The molecule has 0 aliphatic carbocycles. The molecule has 0 bridgehead atoms. The van der Waals surface area contributed by atoms with Gasteiger partial charge in [0.15, 0.2) is 0 Å². The van der Waals surface area contributed by atoms with E-state index in [-0.39, 0.29) is 18.2 Å². The first-order valence-electron chi connectivity index (χ1n) is 7.30. The van der Waals surface area contributed by atoms with Crippen LogP contribution in [-0.4, -0.2) is 65.3 Å². The van der Waals surface area contributed by atoms with Crippen LogP contribution in [0.3, 0.4) is 0 Å². The maximum atomic E-state index is 12.5. The lowest BCUT2D eigenvalue weighted by atomic mass is 9.84. The van der Waals surface area contributed by atoms with E-state index in [4.69, 9.17) is 4.74 Å². The van der Waals surface area contributed by atoms with Crippen molar-refractivity contribution in [2.45, 2.75) is 45.8 Å². The Morgan fingerprint density at radius 1 is 1.25 bits per heavy atom. The van der Waals surface area contributed by atoms with Crippen molar-refractivity contribution in [3.8, 4) is 0 Å². The van der Waals surface area contributed by atoms with Crippen molar-refractivity contribution in [2.75, 3.05) is 26.2 Å². The SMILES string of the molecule is CCC1(C(=O)O)CCN(C(=O)N2C[C@@H](C)O[C@@H](C)C2)C1. The topological polar surface area (TPSA) is 70.1 Å². The molecule has 3 atom stereocenters. The average molecular weight is 284 g/mol. The maximum absolute atomic E-state index is 12.5. The molecule has 0 aromatic heterocycles. The van der Waals surface area contributed by atoms with Crippen molar-refractivity contribution < 1.29 is 19.4 Å². The fourth-order valence-electron chi connectivity index (χ4n) is 3.18. The summed E-state index contributed by atoms with van der Waals surface area (Å²) in [5, 5.41) is 9.39. The predicted molar refractivity (Wildman–Crippen MR) is 73.5 cm³/mol. The van der Waals surface area contributed by atoms with Crippen LogP contribution in [0, 0.1) is 5.41 Å². The lowest BCUT2D eigenvalue weighted by molar-refractivity contribution is -0.148. The number of hydrogen-bond acceptors (Lipinski definition) is 3. The van der Waals surface area contributed by atoms with Crippen LogP contribution in [0.15, 0.2) is 0 Å². The molecular formula is C14H24N2O4. The van der Waals surface area contributed by atoms with E-state index in [1.165, 1.54) is 0 Å². The number of carbonyl (C=O) groups is 2. The van der Waals surface area contributed by atoms with E-state index in [0.29, 0.717) is 39.0 Å². The lowest BCUT2D eigenvalue weighted by Gasteiger charge is -2.37. The zero-order valence-corrected chi connectivity index (χ0v) is 12.5. The van der Waals surface area contributed by atoms with Gasteiger partial charge in [0.05, 0.1) is 17.6 Å². The molecule has 20 heavy (non-hydrogen) atoms. The maximum Gasteiger partial charge on any atom is 0.320 e. The van der Waals surface area contributed by atoms with Crippen LogP contribution in [0.2, 0.25) is 0 Å². The van der Waals surface area contributed by atoms with E-state index in [0.717, 1.165) is 0 Å². The van der Waals surface area contributed by atoms with Crippen molar-refractivity contribution in [1.29, 1.82) is 0 Å². The fraction of sp³-hybridized carbons (Fsp3) is 0.857. The highest BCUT2D eigenvalue weighted by atomic mass is 16.5. The molecule has 0 aromatic carbocycles. The largest absolute Gasteiger partial charge is 0.481 e. The summed E-state index contributed by atoms with van der Waals surface area (Å²) in [4.78, 5) is 27.4. The number of rotatable bonds is 2. The van der Waals surface area contributed by atoms with E-state index in [2.05, 4.69) is 0 Å². The van der Waals surface area contributed by atoms with Gasteiger partial charge in [0, 0.05) is 26.2 Å². The van der Waals surface area contributed by atoms with Gasteiger partial charge < -0.3 is 19.6 Å². The molecule has 1 N–H and O–H groups in total. The number of carboxylic acid groups (broad SMARTS) is 1. The second-order valence-electron chi connectivity index (χ2n) is 6.06. The molecule has 0 saturated carbocycles. The minimum Gasteiger partial charge on any atom is -0.481 e. The summed E-state index contributed by atoms with van der Waals surface area (Å²) in [6, 6.07) is -0.0522. The van der Waals surface area contributed by atoms with Crippen LogP contribution in [0.4, 0.5) is 4.79 Å². The standard InChI is InChI=1S/C14H24N2O4/c1-4-14(12(17)18)5-6-15(9-14)13(19)16-7-10(2)20-11(3)8-16/h10-11H,4-9H2,1-3H3,(H,17,18)/t10-,11+,14?. The summed E-state index contributed by atoms with van der Waals surface area (Å²) in [6.45, 7) is 7.77. The summed E-state index contributed by atoms with van der Waals surface area (Å²) in [7, 11) is 0. The third-order valence-electron chi connectivity index (χ3n) is 4.44. The monoisotopic (exact) mass is 284 g/mol. The Labute approximate surface area is 119 Å². The van der Waals surface area contributed by atoms with Crippen molar-refractivity contribution in [3.63, 3.8) is 0 Å². The minimum absolute atomic E-state index is 0.0284. The van der Waals surface area contributed by atoms with E-state index >= 15 is 0 Å². The molecule has 2 amide bonds. The zero-order chi connectivity index (χ0) is 14.9. The number of carbonyl (C=O) groups excluding carboxylic acids is 1. The quantitative estimate of drug-likeness (QED) is 0.832. The highest BCUT2D eigenvalue weighted by molar-refractivity contribution is 5.80. The van der Waals surface area contributed by atoms with Gasteiger partial charge in [0.25, 0.3) is 0 Å². The lowest BCUT2D eigenvalue weighted by Crippen LogP contribution is -2.52. The van der Waals surface area contributed by atoms with Gasteiger partial charge in [-0.2, -0.15) is 0 Å². The Balaban J connectivity index is 2.02.